The van der Waals surface area contributed by atoms with Gasteiger partial charge in [-0.25, -0.2) is 4.68 Å². The Labute approximate surface area is 105 Å². The van der Waals surface area contributed by atoms with Crippen LogP contribution in [-0.4, -0.2) is 26.2 Å². The second kappa shape index (κ2) is 5.05. The van der Waals surface area contributed by atoms with Gasteiger partial charge in [-0.15, -0.1) is 5.10 Å². The highest BCUT2D eigenvalue weighted by Crippen LogP contribution is 2.17. The van der Waals surface area contributed by atoms with Crippen molar-refractivity contribution >= 4 is 21.9 Å². The first-order valence-electron chi connectivity index (χ1n) is 4.82. The van der Waals surface area contributed by atoms with Gasteiger partial charge in [0.2, 0.25) is 0 Å². The molecule has 0 radical (unpaired) electrons. The summed E-state index contributed by atoms with van der Waals surface area (Å²) in [5.74, 6) is -0.814. The van der Waals surface area contributed by atoms with E-state index in [-0.39, 0.29) is 6.54 Å². The molecule has 0 saturated carbocycles. The highest BCUT2D eigenvalue weighted by Gasteiger charge is 2.08. The predicted octanol–water partition coefficient (Wildman–Crippen LogP) is -0.0151. The second-order valence-electron chi connectivity index (χ2n) is 3.36. The maximum atomic E-state index is 10.5. The summed E-state index contributed by atoms with van der Waals surface area (Å²) in [5.41, 5.74) is 1.88. The molecule has 6 nitrogen and oxygen atoms in total. The summed E-state index contributed by atoms with van der Waals surface area (Å²) in [4.78, 5) is 10.5. The van der Waals surface area contributed by atoms with Crippen LogP contribution < -0.4 is 5.11 Å². The number of aromatic nitrogens is 4. The number of nitrogens with zero attached hydrogens (tertiary/aromatic N) is 4. The summed E-state index contributed by atoms with van der Waals surface area (Å²) in [6.45, 7) is -0.359. The lowest BCUT2D eigenvalue weighted by Crippen LogP contribution is -2.28. The van der Waals surface area contributed by atoms with Crippen LogP contribution in [0.25, 0.3) is 11.4 Å². The summed E-state index contributed by atoms with van der Waals surface area (Å²) < 4.78 is 1.19. The van der Waals surface area contributed by atoms with Crippen LogP contribution in [0.1, 0.15) is 5.56 Å². The molecule has 0 unspecified atom stereocenters. The quantitative estimate of drug-likeness (QED) is 0.741. The normalized spacial score (nSPS) is 10.4. The zero-order valence-corrected chi connectivity index (χ0v) is 10.3. The molecule has 0 atom stereocenters. The van der Waals surface area contributed by atoms with Crippen LogP contribution >= 0.6 is 15.9 Å². The van der Waals surface area contributed by atoms with E-state index in [1.807, 2.05) is 24.3 Å². The Morgan fingerprint density at radius 3 is 2.65 bits per heavy atom. The van der Waals surface area contributed by atoms with Gasteiger partial charge in [-0.1, -0.05) is 40.2 Å². The van der Waals surface area contributed by atoms with Gasteiger partial charge in [0, 0.05) is 10.9 Å². The van der Waals surface area contributed by atoms with Crippen molar-refractivity contribution in [2.75, 3.05) is 0 Å². The molecule has 7 heteroatoms. The molecule has 0 aliphatic carbocycles. The number of alkyl halides is 1. The highest BCUT2D eigenvalue weighted by atomic mass is 79.9. The van der Waals surface area contributed by atoms with E-state index >= 15 is 0 Å². The maximum Gasteiger partial charge on any atom is 0.182 e. The van der Waals surface area contributed by atoms with Crippen molar-refractivity contribution in [2.24, 2.45) is 0 Å². The molecule has 0 bridgehead atoms. The van der Waals surface area contributed by atoms with E-state index in [9.17, 15) is 9.90 Å². The zero-order valence-electron chi connectivity index (χ0n) is 8.71. The van der Waals surface area contributed by atoms with Crippen LogP contribution in [0.3, 0.4) is 0 Å². The molecular weight excluding hydrogens is 288 g/mol. The minimum Gasteiger partial charge on any atom is -0.548 e. The molecule has 0 aliphatic rings. The molecule has 0 N–H and O–H groups in total. The van der Waals surface area contributed by atoms with Gasteiger partial charge in [0.25, 0.3) is 0 Å². The van der Waals surface area contributed by atoms with E-state index in [2.05, 4.69) is 31.5 Å². The molecule has 0 fully saturated rings. The SMILES string of the molecule is O=C([O-])Cn1nnnc1-c1ccc(CBr)cc1. The van der Waals surface area contributed by atoms with Crippen LogP contribution in [0.2, 0.25) is 0 Å². The number of hydrogen-bond donors (Lipinski definition) is 0. The highest BCUT2D eigenvalue weighted by molar-refractivity contribution is 9.08. The number of aliphatic carboxylic acids is 1. The third-order valence-corrected chi connectivity index (χ3v) is 2.82. The lowest BCUT2D eigenvalue weighted by atomic mass is 10.1. The maximum absolute atomic E-state index is 10.5. The molecule has 0 saturated heterocycles. The number of hydrogen-bond acceptors (Lipinski definition) is 5. The number of carbonyl (C=O) groups is 1. The number of benzene rings is 1. The van der Waals surface area contributed by atoms with E-state index in [4.69, 9.17) is 0 Å². The minimum absolute atomic E-state index is 0.359. The largest absolute Gasteiger partial charge is 0.548 e. The first kappa shape index (κ1) is 11.7. The summed E-state index contributed by atoms with van der Waals surface area (Å²) in [7, 11) is 0. The summed E-state index contributed by atoms with van der Waals surface area (Å²) in [6, 6.07) is 7.52. The Kier molecular flexibility index (Phi) is 3.48. The van der Waals surface area contributed by atoms with Crippen LogP contribution in [0, 0.1) is 0 Å². The zero-order chi connectivity index (χ0) is 12.3. The fraction of sp³-hybridized carbons (Fsp3) is 0.200. The molecule has 1 heterocycles. The smallest absolute Gasteiger partial charge is 0.182 e. The molecule has 0 aliphatic heterocycles. The van der Waals surface area contributed by atoms with Gasteiger partial charge in [0.1, 0.15) is 0 Å². The molecule has 0 amide bonds. The molecule has 2 rings (SSSR count). The average molecular weight is 296 g/mol. The van der Waals surface area contributed by atoms with Gasteiger partial charge < -0.3 is 9.90 Å². The van der Waals surface area contributed by atoms with Crippen molar-refractivity contribution in [3.63, 3.8) is 0 Å². The van der Waals surface area contributed by atoms with Crippen LogP contribution in [0.4, 0.5) is 0 Å². The van der Waals surface area contributed by atoms with Crippen molar-refractivity contribution in [2.45, 2.75) is 11.9 Å². The van der Waals surface area contributed by atoms with Crippen LogP contribution in [0.15, 0.2) is 24.3 Å². The number of carbonyl (C=O) groups excluding carboxylic acids is 1. The number of tetrazole rings is 1. The Morgan fingerprint density at radius 2 is 2.06 bits per heavy atom. The van der Waals surface area contributed by atoms with Crippen molar-refractivity contribution in [1.29, 1.82) is 0 Å². The molecule has 17 heavy (non-hydrogen) atoms. The third kappa shape index (κ3) is 2.68. The minimum atomic E-state index is -1.23. The fourth-order valence-corrected chi connectivity index (χ4v) is 1.76. The number of halogens is 1. The lowest BCUT2D eigenvalue weighted by Gasteiger charge is -2.05. The standard InChI is InChI=1S/C10H9BrN4O2/c11-5-7-1-3-8(4-2-7)10-12-13-14-15(10)6-9(16)17/h1-4H,5-6H2,(H,16,17)/p-1. The number of rotatable bonds is 4. The Bertz CT molecular complexity index is 523. The molecular formula is C10H8BrN4O2-. The van der Waals surface area contributed by atoms with E-state index in [1.165, 1.54) is 4.68 Å². The van der Waals surface area contributed by atoms with Crippen molar-refractivity contribution in [1.82, 2.24) is 20.2 Å². The molecule has 1 aromatic heterocycles. The van der Waals surface area contributed by atoms with E-state index < -0.39 is 5.97 Å². The molecule has 2 aromatic rings. The van der Waals surface area contributed by atoms with Gasteiger partial charge in [-0.3, -0.25) is 0 Å². The number of carboxylic acid groups (broad SMARTS) is 1. The molecule has 88 valence electrons. The van der Waals surface area contributed by atoms with Gasteiger partial charge in [0.15, 0.2) is 5.82 Å². The van der Waals surface area contributed by atoms with E-state index in [0.29, 0.717) is 5.82 Å². The fourth-order valence-electron chi connectivity index (χ4n) is 1.38. The van der Waals surface area contributed by atoms with Gasteiger partial charge in [0.05, 0.1) is 12.5 Å². The van der Waals surface area contributed by atoms with E-state index in [0.717, 1.165) is 16.5 Å². The predicted molar refractivity (Wildman–Crippen MR) is 60.9 cm³/mol. The molecule has 1 aromatic carbocycles. The Morgan fingerprint density at radius 1 is 1.35 bits per heavy atom. The van der Waals surface area contributed by atoms with Crippen LogP contribution in [-0.2, 0) is 16.7 Å². The van der Waals surface area contributed by atoms with E-state index in [1.54, 1.807) is 0 Å². The van der Waals surface area contributed by atoms with Crippen LogP contribution in [0.5, 0.6) is 0 Å². The topological polar surface area (TPSA) is 83.7 Å². The van der Waals surface area contributed by atoms with Gasteiger partial charge in [-0.2, -0.15) is 0 Å². The Hall–Kier alpha value is -1.76. The summed E-state index contributed by atoms with van der Waals surface area (Å²) in [5, 5.41) is 22.1. The monoisotopic (exact) mass is 295 g/mol. The van der Waals surface area contributed by atoms with Gasteiger partial charge in [-0.05, 0) is 16.0 Å². The first-order valence-corrected chi connectivity index (χ1v) is 5.94. The van der Waals surface area contributed by atoms with Gasteiger partial charge >= 0.3 is 0 Å². The second-order valence-corrected chi connectivity index (χ2v) is 3.92. The molecule has 0 spiro atoms. The van der Waals surface area contributed by atoms with Crippen molar-refractivity contribution in [3.8, 4) is 11.4 Å². The van der Waals surface area contributed by atoms with Crippen molar-refractivity contribution < 1.29 is 9.90 Å². The summed E-state index contributed by atoms with van der Waals surface area (Å²) >= 11 is 3.35. The number of carboxylic acids is 1. The van der Waals surface area contributed by atoms with Crippen molar-refractivity contribution in [3.05, 3.63) is 29.8 Å². The Balaban J connectivity index is 2.32. The third-order valence-electron chi connectivity index (χ3n) is 2.18. The average Bonchev–Trinajstić information content (AvgIpc) is 2.76. The first-order chi connectivity index (χ1) is 8.20. The summed E-state index contributed by atoms with van der Waals surface area (Å²) in [6.07, 6.45) is 0. The lowest BCUT2D eigenvalue weighted by molar-refractivity contribution is -0.306.